The average molecular weight is 301 g/mol. The van der Waals surface area contributed by atoms with E-state index in [1.54, 1.807) is 29.5 Å². The molecule has 1 heterocycles. The molecule has 3 aromatic rings. The van der Waals surface area contributed by atoms with Gasteiger partial charge in [-0.05, 0) is 30.9 Å². The predicted octanol–water partition coefficient (Wildman–Crippen LogP) is 4.33. The molecule has 108 valence electrons. The van der Waals surface area contributed by atoms with Crippen LogP contribution in [-0.4, -0.2) is 10.1 Å². The molecular weight excluding hydrogens is 285 g/mol. The van der Waals surface area contributed by atoms with E-state index in [9.17, 15) is 9.50 Å². The molecule has 21 heavy (non-hydrogen) atoms. The molecule has 0 saturated heterocycles. The van der Waals surface area contributed by atoms with Crippen LogP contribution in [0.1, 0.15) is 27.2 Å². The van der Waals surface area contributed by atoms with Crippen LogP contribution < -0.4 is 0 Å². The van der Waals surface area contributed by atoms with Crippen molar-refractivity contribution in [3.63, 3.8) is 0 Å². The van der Waals surface area contributed by atoms with Gasteiger partial charge in [-0.1, -0.05) is 30.3 Å². The molecule has 1 N–H and O–H groups in total. The van der Waals surface area contributed by atoms with E-state index >= 15 is 0 Å². The SMILES string of the molecule is Cc1nc(CC(O)c2ccc(F)c3ccccc23)sc1C. The van der Waals surface area contributed by atoms with Gasteiger partial charge in [-0.15, -0.1) is 11.3 Å². The molecule has 1 unspecified atom stereocenters. The maximum atomic E-state index is 13.8. The zero-order chi connectivity index (χ0) is 15.0. The minimum atomic E-state index is -0.680. The molecule has 0 amide bonds. The molecule has 0 bridgehead atoms. The first-order valence-corrected chi connectivity index (χ1v) is 7.66. The van der Waals surface area contributed by atoms with Crippen LogP contribution in [0.3, 0.4) is 0 Å². The van der Waals surface area contributed by atoms with Crippen molar-refractivity contribution in [1.82, 2.24) is 4.98 Å². The zero-order valence-electron chi connectivity index (χ0n) is 11.9. The summed E-state index contributed by atoms with van der Waals surface area (Å²) in [6, 6.07) is 10.3. The summed E-state index contributed by atoms with van der Waals surface area (Å²) in [6.45, 7) is 3.99. The fourth-order valence-electron chi connectivity index (χ4n) is 2.48. The van der Waals surface area contributed by atoms with Crippen molar-refractivity contribution in [1.29, 1.82) is 0 Å². The Morgan fingerprint density at radius 1 is 1.14 bits per heavy atom. The second-order valence-corrected chi connectivity index (χ2v) is 6.44. The first-order valence-electron chi connectivity index (χ1n) is 6.84. The molecule has 0 saturated carbocycles. The lowest BCUT2D eigenvalue weighted by Crippen LogP contribution is -2.03. The normalized spacial score (nSPS) is 12.8. The first-order chi connectivity index (χ1) is 10.1. The number of aliphatic hydroxyl groups excluding tert-OH is 1. The highest BCUT2D eigenvalue weighted by atomic mass is 32.1. The summed E-state index contributed by atoms with van der Waals surface area (Å²) in [4.78, 5) is 5.63. The van der Waals surface area contributed by atoms with E-state index < -0.39 is 6.10 Å². The van der Waals surface area contributed by atoms with Crippen molar-refractivity contribution >= 4 is 22.1 Å². The molecule has 1 aromatic heterocycles. The molecule has 2 aromatic carbocycles. The van der Waals surface area contributed by atoms with Crippen LogP contribution in [0.5, 0.6) is 0 Å². The Morgan fingerprint density at radius 3 is 2.52 bits per heavy atom. The number of hydrogen-bond acceptors (Lipinski definition) is 3. The van der Waals surface area contributed by atoms with Gasteiger partial charge in [0.1, 0.15) is 5.82 Å². The van der Waals surface area contributed by atoms with Crippen LogP contribution in [0, 0.1) is 19.7 Å². The van der Waals surface area contributed by atoms with Gasteiger partial charge in [0.2, 0.25) is 0 Å². The smallest absolute Gasteiger partial charge is 0.131 e. The summed E-state index contributed by atoms with van der Waals surface area (Å²) in [7, 11) is 0. The van der Waals surface area contributed by atoms with Gasteiger partial charge in [-0.2, -0.15) is 0 Å². The topological polar surface area (TPSA) is 33.1 Å². The van der Waals surface area contributed by atoms with Crippen LogP contribution in [0.4, 0.5) is 4.39 Å². The average Bonchev–Trinajstić information content (AvgIpc) is 2.77. The summed E-state index contributed by atoms with van der Waals surface area (Å²) >= 11 is 1.60. The largest absolute Gasteiger partial charge is 0.388 e. The monoisotopic (exact) mass is 301 g/mol. The second kappa shape index (κ2) is 5.54. The number of rotatable bonds is 3. The molecule has 0 spiro atoms. The van der Waals surface area contributed by atoms with Crippen LogP contribution in [-0.2, 0) is 6.42 Å². The third-order valence-electron chi connectivity index (χ3n) is 3.70. The van der Waals surface area contributed by atoms with Crippen molar-refractivity contribution in [2.24, 2.45) is 0 Å². The van der Waals surface area contributed by atoms with E-state index in [0.29, 0.717) is 11.8 Å². The number of nitrogens with zero attached hydrogens (tertiary/aromatic N) is 1. The van der Waals surface area contributed by atoms with E-state index in [0.717, 1.165) is 21.7 Å². The molecule has 0 radical (unpaired) electrons. The summed E-state index contributed by atoms with van der Waals surface area (Å²) in [6.07, 6.45) is -0.227. The Balaban J connectivity index is 1.98. The quantitative estimate of drug-likeness (QED) is 0.781. The minimum Gasteiger partial charge on any atom is -0.388 e. The van der Waals surface area contributed by atoms with E-state index in [1.165, 1.54) is 10.9 Å². The highest BCUT2D eigenvalue weighted by molar-refractivity contribution is 7.11. The number of aliphatic hydroxyl groups is 1. The molecule has 3 rings (SSSR count). The third kappa shape index (κ3) is 2.69. The van der Waals surface area contributed by atoms with Gasteiger partial charge in [-0.25, -0.2) is 9.37 Å². The van der Waals surface area contributed by atoms with Crippen LogP contribution in [0.25, 0.3) is 10.8 Å². The van der Waals surface area contributed by atoms with Crippen LogP contribution >= 0.6 is 11.3 Å². The zero-order valence-corrected chi connectivity index (χ0v) is 12.7. The lowest BCUT2D eigenvalue weighted by atomic mass is 9.98. The predicted molar refractivity (Wildman–Crippen MR) is 84.2 cm³/mol. The number of fused-ring (bicyclic) bond motifs is 1. The number of thiazole rings is 1. The first kappa shape index (κ1) is 14.2. The van der Waals surface area contributed by atoms with Crippen molar-refractivity contribution in [3.05, 3.63) is 63.4 Å². The maximum Gasteiger partial charge on any atom is 0.131 e. The summed E-state index contributed by atoms with van der Waals surface area (Å²) in [5.74, 6) is -0.262. The van der Waals surface area contributed by atoms with Crippen molar-refractivity contribution in [2.45, 2.75) is 26.4 Å². The Morgan fingerprint density at radius 2 is 1.86 bits per heavy atom. The van der Waals surface area contributed by atoms with Gasteiger partial charge in [-0.3, -0.25) is 0 Å². The molecule has 0 fully saturated rings. The fraction of sp³-hybridized carbons (Fsp3) is 0.235. The lowest BCUT2D eigenvalue weighted by Gasteiger charge is -2.13. The molecule has 1 atom stereocenters. The highest BCUT2D eigenvalue weighted by Crippen LogP contribution is 2.29. The summed E-state index contributed by atoms with van der Waals surface area (Å²) in [5, 5.41) is 12.7. The number of aryl methyl sites for hydroxylation is 2. The number of hydrogen-bond donors (Lipinski definition) is 1. The van der Waals surface area contributed by atoms with Gasteiger partial charge in [0, 0.05) is 16.7 Å². The minimum absolute atomic E-state index is 0.262. The second-order valence-electron chi connectivity index (χ2n) is 5.15. The van der Waals surface area contributed by atoms with Gasteiger partial charge in [0.15, 0.2) is 0 Å². The van der Waals surface area contributed by atoms with Crippen molar-refractivity contribution in [2.75, 3.05) is 0 Å². The van der Waals surface area contributed by atoms with Crippen LogP contribution in [0.15, 0.2) is 36.4 Å². The van der Waals surface area contributed by atoms with Crippen molar-refractivity contribution in [3.8, 4) is 0 Å². The van der Waals surface area contributed by atoms with E-state index in [-0.39, 0.29) is 5.82 Å². The molecule has 4 heteroatoms. The van der Waals surface area contributed by atoms with E-state index in [1.807, 2.05) is 26.0 Å². The van der Waals surface area contributed by atoms with Gasteiger partial charge in [0.25, 0.3) is 0 Å². The van der Waals surface area contributed by atoms with Crippen molar-refractivity contribution < 1.29 is 9.50 Å². The van der Waals surface area contributed by atoms with Crippen LogP contribution in [0.2, 0.25) is 0 Å². The molecule has 0 aliphatic carbocycles. The number of aromatic nitrogens is 1. The standard InChI is InChI=1S/C17H16FNOS/c1-10-11(2)21-17(19-10)9-16(20)14-7-8-15(18)13-6-4-3-5-12(13)14/h3-8,16,20H,9H2,1-2H3. The Labute approximate surface area is 126 Å². The Hall–Kier alpha value is -1.78. The number of halogens is 1. The Bertz CT molecular complexity index is 777. The molecule has 2 nitrogen and oxygen atoms in total. The van der Waals surface area contributed by atoms with Gasteiger partial charge < -0.3 is 5.11 Å². The highest BCUT2D eigenvalue weighted by Gasteiger charge is 2.16. The number of benzene rings is 2. The molecule has 0 aliphatic heterocycles. The Kier molecular flexibility index (Phi) is 3.74. The summed E-state index contributed by atoms with van der Waals surface area (Å²) in [5.41, 5.74) is 1.75. The van der Waals surface area contributed by atoms with E-state index in [4.69, 9.17) is 0 Å². The molecule has 0 aliphatic rings. The fourth-order valence-corrected chi connectivity index (χ4v) is 3.45. The third-order valence-corrected chi connectivity index (χ3v) is 4.80. The summed E-state index contributed by atoms with van der Waals surface area (Å²) < 4.78 is 13.8. The maximum absolute atomic E-state index is 13.8. The van der Waals surface area contributed by atoms with Gasteiger partial charge in [0.05, 0.1) is 16.8 Å². The molecular formula is C17H16FNOS. The lowest BCUT2D eigenvalue weighted by molar-refractivity contribution is 0.180. The van der Waals surface area contributed by atoms with E-state index in [2.05, 4.69) is 4.98 Å². The van der Waals surface area contributed by atoms with Gasteiger partial charge >= 0.3 is 0 Å².